The summed E-state index contributed by atoms with van der Waals surface area (Å²) < 4.78 is 28.4. The number of benzene rings is 3. The average molecular weight is 542 g/mol. The van der Waals surface area contributed by atoms with Gasteiger partial charge in [-0.3, -0.25) is 13.9 Å². The number of halogens is 1. The molecule has 0 aromatic heterocycles. The zero-order chi connectivity index (χ0) is 27.0. The van der Waals surface area contributed by atoms with E-state index in [1.807, 2.05) is 44.2 Å². The van der Waals surface area contributed by atoms with E-state index >= 15 is 0 Å². The number of nitrogens with zero attached hydrogens (tertiary/aromatic N) is 2. The van der Waals surface area contributed by atoms with Gasteiger partial charge in [0.15, 0.2) is 0 Å². The fraction of sp³-hybridized carbons (Fsp3) is 0.286. The number of anilines is 1. The van der Waals surface area contributed by atoms with Crippen molar-refractivity contribution in [3.8, 4) is 0 Å². The van der Waals surface area contributed by atoms with Crippen molar-refractivity contribution in [2.45, 2.75) is 38.3 Å². The van der Waals surface area contributed by atoms with Crippen LogP contribution in [0.2, 0.25) is 5.02 Å². The third kappa shape index (κ3) is 7.57. The summed E-state index contributed by atoms with van der Waals surface area (Å²) in [6.45, 7) is 5.74. The normalized spacial score (nSPS) is 12.1. The third-order valence-electron chi connectivity index (χ3n) is 5.77. The van der Waals surface area contributed by atoms with Crippen molar-refractivity contribution in [1.29, 1.82) is 0 Å². The predicted octanol–water partition coefficient (Wildman–Crippen LogP) is 4.72. The first kappa shape index (κ1) is 28.2. The van der Waals surface area contributed by atoms with Crippen LogP contribution in [0.5, 0.6) is 0 Å². The monoisotopic (exact) mass is 541 g/mol. The van der Waals surface area contributed by atoms with Gasteiger partial charge in [-0.15, -0.1) is 0 Å². The molecule has 0 aliphatic heterocycles. The number of nitrogens with one attached hydrogen (secondary N) is 1. The molecule has 7 nitrogen and oxygen atoms in total. The lowest BCUT2D eigenvalue weighted by Gasteiger charge is -2.32. The molecule has 0 saturated heterocycles. The van der Waals surface area contributed by atoms with Crippen molar-refractivity contribution in [3.05, 3.63) is 95.5 Å². The Bertz CT molecular complexity index is 1280. The molecule has 3 rings (SSSR count). The zero-order valence-corrected chi connectivity index (χ0v) is 22.7. The van der Waals surface area contributed by atoms with Crippen molar-refractivity contribution in [3.63, 3.8) is 0 Å². The lowest BCUT2D eigenvalue weighted by Crippen LogP contribution is -2.51. The highest BCUT2D eigenvalue weighted by molar-refractivity contribution is 7.92. The maximum atomic E-state index is 13.8. The number of hydrogen-bond acceptors (Lipinski definition) is 4. The van der Waals surface area contributed by atoms with Crippen LogP contribution < -0.4 is 9.62 Å². The molecule has 0 fully saturated rings. The molecule has 1 atom stereocenters. The molecule has 9 heteroatoms. The maximum absolute atomic E-state index is 13.8. The minimum absolute atomic E-state index is 0.0510. The number of carbonyl (C=O) groups is 2. The number of rotatable bonds is 11. The molecule has 0 aliphatic carbocycles. The first-order valence-corrected chi connectivity index (χ1v) is 13.9. The van der Waals surface area contributed by atoms with E-state index in [4.69, 9.17) is 11.6 Å². The molecule has 0 radical (unpaired) electrons. The minimum atomic E-state index is -4.09. The number of hydrogen-bond donors (Lipinski definition) is 1. The Labute approximate surface area is 224 Å². The lowest BCUT2D eigenvalue weighted by molar-refractivity contribution is -0.139. The molecule has 1 N–H and O–H groups in total. The topological polar surface area (TPSA) is 86.8 Å². The minimum Gasteiger partial charge on any atom is -0.354 e. The van der Waals surface area contributed by atoms with Gasteiger partial charge in [-0.1, -0.05) is 74.0 Å². The van der Waals surface area contributed by atoms with Gasteiger partial charge in [0.1, 0.15) is 12.6 Å². The molecule has 2 amide bonds. The van der Waals surface area contributed by atoms with Gasteiger partial charge in [0.25, 0.3) is 10.0 Å². The summed E-state index contributed by atoms with van der Waals surface area (Å²) >= 11 is 6.03. The van der Waals surface area contributed by atoms with Crippen molar-refractivity contribution in [2.75, 3.05) is 17.4 Å². The average Bonchev–Trinajstić information content (AvgIpc) is 2.90. The van der Waals surface area contributed by atoms with Crippen LogP contribution in [-0.4, -0.2) is 44.3 Å². The van der Waals surface area contributed by atoms with E-state index in [0.717, 1.165) is 9.87 Å². The van der Waals surface area contributed by atoms with Crippen molar-refractivity contribution < 1.29 is 18.0 Å². The highest BCUT2D eigenvalue weighted by atomic mass is 35.5. The van der Waals surface area contributed by atoms with Gasteiger partial charge in [0.2, 0.25) is 11.8 Å². The summed E-state index contributed by atoms with van der Waals surface area (Å²) in [7, 11) is -4.09. The van der Waals surface area contributed by atoms with Crippen molar-refractivity contribution in [1.82, 2.24) is 10.2 Å². The highest BCUT2D eigenvalue weighted by Crippen LogP contribution is 2.26. The molecule has 196 valence electrons. The molecule has 0 saturated carbocycles. The van der Waals surface area contributed by atoms with Gasteiger partial charge in [0.05, 0.1) is 10.6 Å². The Hall–Kier alpha value is -3.36. The second kappa shape index (κ2) is 12.7. The van der Waals surface area contributed by atoms with Crippen LogP contribution in [0.3, 0.4) is 0 Å². The first-order valence-electron chi connectivity index (χ1n) is 12.0. The summed E-state index contributed by atoms with van der Waals surface area (Å²) in [5.41, 5.74) is 1.11. The summed E-state index contributed by atoms with van der Waals surface area (Å²) in [4.78, 5) is 28.2. The molecular weight excluding hydrogens is 510 g/mol. The SMILES string of the molecule is CC(C)CNC(=O)C(C)N(Cc1ccccc1)C(=O)CN(c1ccc(Cl)cc1)S(=O)(=O)c1ccccc1. The molecule has 0 heterocycles. The number of carbonyl (C=O) groups excluding carboxylic acids is 2. The molecular formula is C28H32ClN3O4S. The van der Waals surface area contributed by atoms with Crippen LogP contribution >= 0.6 is 11.6 Å². The quantitative estimate of drug-likeness (QED) is 0.380. The summed E-state index contributed by atoms with van der Waals surface area (Å²) in [5, 5.41) is 3.31. The van der Waals surface area contributed by atoms with Crippen LogP contribution in [0.1, 0.15) is 26.3 Å². The number of amides is 2. The van der Waals surface area contributed by atoms with Gasteiger partial charge in [-0.05, 0) is 54.8 Å². The Morgan fingerprint density at radius 1 is 0.865 bits per heavy atom. The van der Waals surface area contributed by atoms with Gasteiger partial charge >= 0.3 is 0 Å². The summed E-state index contributed by atoms with van der Waals surface area (Å²) in [5.74, 6) is -0.571. The van der Waals surface area contributed by atoms with E-state index in [1.54, 1.807) is 49.4 Å². The van der Waals surface area contributed by atoms with Crippen molar-refractivity contribution >= 4 is 39.1 Å². The standard InChI is InChI=1S/C28H32ClN3O4S/c1-21(2)18-30-28(34)22(3)31(19-23-10-6-4-7-11-23)27(33)20-32(25-16-14-24(29)15-17-25)37(35,36)26-12-8-5-9-13-26/h4-17,21-22H,18-20H2,1-3H3,(H,30,34). The summed E-state index contributed by atoms with van der Waals surface area (Å²) in [6.07, 6.45) is 0. The van der Waals surface area contributed by atoms with Crippen LogP contribution in [0.4, 0.5) is 5.69 Å². The van der Waals surface area contributed by atoms with Crippen LogP contribution in [-0.2, 0) is 26.2 Å². The largest absolute Gasteiger partial charge is 0.354 e. The van der Waals surface area contributed by atoms with E-state index in [-0.39, 0.29) is 29.0 Å². The Morgan fingerprint density at radius 2 is 1.43 bits per heavy atom. The lowest BCUT2D eigenvalue weighted by atomic mass is 10.1. The molecule has 3 aromatic rings. The van der Waals surface area contributed by atoms with E-state index in [0.29, 0.717) is 11.6 Å². The fourth-order valence-electron chi connectivity index (χ4n) is 3.67. The molecule has 0 bridgehead atoms. The third-order valence-corrected chi connectivity index (χ3v) is 7.81. The van der Waals surface area contributed by atoms with E-state index in [1.165, 1.54) is 17.0 Å². The second-order valence-corrected chi connectivity index (χ2v) is 11.4. The van der Waals surface area contributed by atoms with Gasteiger partial charge in [0, 0.05) is 18.1 Å². The maximum Gasteiger partial charge on any atom is 0.264 e. The molecule has 0 spiro atoms. The second-order valence-electron chi connectivity index (χ2n) is 9.12. The Morgan fingerprint density at radius 3 is 2.00 bits per heavy atom. The molecule has 3 aromatic carbocycles. The van der Waals surface area contributed by atoms with E-state index in [2.05, 4.69) is 5.32 Å². The van der Waals surface area contributed by atoms with Gasteiger partial charge < -0.3 is 10.2 Å². The van der Waals surface area contributed by atoms with E-state index in [9.17, 15) is 18.0 Å². The fourth-order valence-corrected chi connectivity index (χ4v) is 5.23. The first-order chi connectivity index (χ1) is 17.6. The zero-order valence-electron chi connectivity index (χ0n) is 21.2. The van der Waals surface area contributed by atoms with E-state index < -0.39 is 28.5 Å². The van der Waals surface area contributed by atoms with Crippen LogP contribution in [0, 0.1) is 5.92 Å². The Balaban J connectivity index is 1.97. The van der Waals surface area contributed by atoms with Gasteiger partial charge in [-0.2, -0.15) is 0 Å². The highest BCUT2D eigenvalue weighted by Gasteiger charge is 2.32. The molecule has 0 aliphatic rings. The molecule has 1 unspecified atom stereocenters. The van der Waals surface area contributed by atoms with Gasteiger partial charge in [-0.25, -0.2) is 8.42 Å². The predicted molar refractivity (Wildman–Crippen MR) is 147 cm³/mol. The number of sulfonamides is 1. The van der Waals surface area contributed by atoms with Crippen molar-refractivity contribution in [2.24, 2.45) is 5.92 Å². The Kier molecular flexibility index (Phi) is 9.72. The smallest absolute Gasteiger partial charge is 0.264 e. The molecule has 37 heavy (non-hydrogen) atoms. The van der Waals surface area contributed by atoms with Crippen LogP contribution in [0.15, 0.2) is 89.8 Å². The van der Waals surface area contributed by atoms with Crippen LogP contribution in [0.25, 0.3) is 0 Å². The summed E-state index contributed by atoms with van der Waals surface area (Å²) in [6, 6.07) is 22.6.